The molecule has 1 amide bonds. The second kappa shape index (κ2) is 9.71. The topological polar surface area (TPSA) is 75.4 Å². The van der Waals surface area contributed by atoms with Crippen LogP contribution in [0.15, 0.2) is 71.5 Å². The normalized spacial score (nSPS) is 16.4. The van der Waals surface area contributed by atoms with Crippen LogP contribution in [0.4, 0.5) is 0 Å². The number of aromatic nitrogens is 2. The Kier molecular flexibility index (Phi) is 6.75. The zero-order chi connectivity index (χ0) is 23.4. The molecule has 4 rings (SSSR count). The molecule has 1 aliphatic rings. The van der Waals surface area contributed by atoms with Crippen molar-refractivity contribution in [2.24, 2.45) is 0 Å². The molecule has 0 aliphatic carbocycles. The van der Waals surface area contributed by atoms with Gasteiger partial charge in [0.15, 0.2) is 0 Å². The lowest BCUT2D eigenvalue weighted by atomic mass is 9.90. The lowest BCUT2D eigenvalue weighted by Gasteiger charge is -2.39. The van der Waals surface area contributed by atoms with Crippen LogP contribution in [0, 0.1) is 6.92 Å². The van der Waals surface area contributed by atoms with Gasteiger partial charge >= 0.3 is 0 Å². The first-order valence-electron chi connectivity index (χ1n) is 11.5. The number of benzene rings is 2. The SMILES string of the molecule is Cc1nc(-c2ccccc2)cc(=O)n1CC1(O)CCN(C(=O)C[C@@H](C)c2ccccc2)CC1. The van der Waals surface area contributed by atoms with E-state index < -0.39 is 5.60 Å². The van der Waals surface area contributed by atoms with Crippen LogP contribution in [-0.2, 0) is 11.3 Å². The van der Waals surface area contributed by atoms with E-state index in [1.165, 1.54) is 6.07 Å². The molecule has 1 atom stereocenters. The maximum atomic E-state index is 12.8. The summed E-state index contributed by atoms with van der Waals surface area (Å²) in [6.45, 7) is 5.01. The van der Waals surface area contributed by atoms with Crippen LogP contribution in [0.3, 0.4) is 0 Å². The summed E-state index contributed by atoms with van der Waals surface area (Å²) in [7, 11) is 0. The summed E-state index contributed by atoms with van der Waals surface area (Å²) in [6.07, 6.45) is 1.32. The maximum Gasteiger partial charge on any atom is 0.254 e. The average Bonchev–Trinajstić information content (AvgIpc) is 2.83. The van der Waals surface area contributed by atoms with Crippen molar-refractivity contribution in [1.29, 1.82) is 0 Å². The standard InChI is InChI=1S/C27H31N3O3/c1-20(22-9-5-3-6-10-22)17-25(31)29-15-13-27(33,14-16-29)19-30-21(2)28-24(18-26(30)32)23-11-7-4-8-12-23/h3-12,18,20,33H,13-17,19H2,1-2H3/t20-/m1/s1. The highest BCUT2D eigenvalue weighted by Gasteiger charge is 2.35. The molecule has 0 radical (unpaired) electrons. The molecule has 1 aromatic heterocycles. The molecular weight excluding hydrogens is 414 g/mol. The van der Waals surface area contributed by atoms with Gasteiger partial charge in [0.25, 0.3) is 5.56 Å². The molecular formula is C27H31N3O3. The highest BCUT2D eigenvalue weighted by molar-refractivity contribution is 5.77. The lowest BCUT2D eigenvalue weighted by molar-refractivity contribution is -0.136. The Bertz CT molecular complexity index is 1150. The first-order valence-corrected chi connectivity index (χ1v) is 11.5. The third-order valence-electron chi connectivity index (χ3n) is 6.62. The van der Waals surface area contributed by atoms with Gasteiger partial charge in [-0.15, -0.1) is 0 Å². The number of carbonyl (C=O) groups is 1. The number of nitrogens with zero attached hydrogens (tertiary/aromatic N) is 3. The van der Waals surface area contributed by atoms with Crippen molar-refractivity contribution < 1.29 is 9.90 Å². The number of piperidine rings is 1. The monoisotopic (exact) mass is 445 g/mol. The fraction of sp³-hybridized carbons (Fsp3) is 0.370. The largest absolute Gasteiger partial charge is 0.388 e. The van der Waals surface area contributed by atoms with Crippen LogP contribution >= 0.6 is 0 Å². The molecule has 2 aromatic carbocycles. The Morgan fingerprint density at radius 1 is 1.06 bits per heavy atom. The average molecular weight is 446 g/mol. The van der Waals surface area contributed by atoms with Crippen LogP contribution in [0.25, 0.3) is 11.3 Å². The molecule has 0 unspecified atom stereocenters. The summed E-state index contributed by atoms with van der Waals surface area (Å²) in [4.78, 5) is 32.1. The number of hydrogen-bond donors (Lipinski definition) is 1. The summed E-state index contributed by atoms with van der Waals surface area (Å²) in [5.74, 6) is 0.829. The zero-order valence-corrected chi connectivity index (χ0v) is 19.3. The first-order chi connectivity index (χ1) is 15.8. The van der Waals surface area contributed by atoms with Gasteiger partial charge < -0.3 is 10.0 Å². The predicted molar refractivity (Wildman–Crippen MR) is 129 cm³/mol. The third-order valence-corrected chi connectivity index (χ3v) is 6.62. The first kappa shape index (κ1) is 22.9. The Hall–Kier alpha value is -3.25. The number of rotatable bonds is 6. The minimum Gasteiger partial charge on any atom is -0.388 e. The van der Waals surface area contributed by atoms with E-state index in [0.717, 1.165) is 11.1 Å². The molecule has 3 aromatic rings. The molecule has 2 heterocycles. The molecule has 172 valence electrons. The molecule has 0 saturated carbocycles. The van der Waals surface area contributed by atoms with Crippen LogP contribution in [0.1, 0.15) is 43.5 Å². The van der Waals surface area contributed by atoms with Crippen molar-refractivity contribution in [3.63, 3.8) is 0 Å². The van der Waals surface area contributed by atoms with Crippen LogP contribution in [0.5, 0.6) is 0 Å². The van der Waals surface area contributed by atoms with Crippen molar-refractivity contribution in [2.75, 3.05) is 13.1 Å². The van der Waals surface area contributed by atoms with Crippen molar-refractivity contribution in [3.05, 3.63) is 88.5 Å². The smallest absolute Gasteiger partial charge is 0.254 e. The van der Waals surface area contributed by atoms with Gasteiger partial charge in [-0.25, -0.2) is 4.98 Å². The number of amides is 1. The van der Waals surface area contributed by atoms with Crippen LogP contribution < -0.4 is 5.56 Å². The molecule has 1 fully saturated rings. The van der Waals surface area contributed by atoms with Crippen molar-refractivity contribution in [3.8, 4) is 11.3 Å². The van der Waals surface area contributed by atoms with E-state index in [1.807, 2.05) is 65.6 Å². The molecule has 6 nitrogen and oxygen atoms in total. The van der Waals surface area contributed by atoms with Gasteiger partial charge in [0.05, 0.1) is 17.8 Å². The fourth-order valence-corrected chi connectivity index (χ4v) is 4.49. The summed E-state index contributed by atoms with van der Waals surface area (Å²) < 4.78 is 1.54. The second-order valence-electron chi connectivity index (χ2n) is 9.10. The van der Waals surface area contributed by atoms with E-state index >= 15 is 0 Å². The van der Waals surface area contributed by atoms with Gasteiger partial charge in [0, 0.05) is 31.1 Å². The van der Waals surface area contributed by atoms with Crippen molar-refractivity contribution in [1.82, 2.24) is 14.5 Å². The van der Waals surface area contributed by atoms with E-state index in [1.54, 1.807) is 11.5 Å². The van der Waals surface area contributed by atoms with Crippen LogP contribution in [0.2, 0.25) is 0 Å². The van der Waals surface area contributed by atoms with E-state index in [-0.39, 0.29) is 23.9 Å². The van der Waals surface area contributed by atoms with Crippen molar-refractivity contribution in [2.45, 2.75) is 51.2 Å². The number of hydrogen-bond acceptors (Lipinski definition) is 4. The van der Waals surface area contributed by atoms with Gasteiger partial charge in [-0.05, 0) is 31.2 Å². The summed E-state index contributed by atoms with van der Waals surface area (Å²) in [6, 6.07) is 21.2. The van der Waals surface area contributed by atoms with Gasteiger partial charge in [-0.2, -0.15) is 0 Å². The highest BCUT2D eigenvalue weighted by Crippen LogP contribution is 2.27. The van der Waals surface area contributed by atoms with Gasteiger partial charge in [-0.3, -0.25) is 14.2 Å². The third kappa shape index (κ3) is 5.40. The minimum atomic E-state index is -1.04. The molecule has 1 saturated heterocycles. The van der Waals surface area contributed by atoms with Crippen molar-refractivity contribution >= 4 is 5.91 Å². The van der Waals surface area contributed by atoms with E-state index in [4.69, 9.17) is 0 Å². The zero-order valence-electron chi connectivity index (χ0n) is 19.3. The van der Waals surface area contributed by atoms with E-state index in [0.29, 0.717) is 43.9 Å². The minimum absolute atomic E-state index is 0.107. The Morgan fingerprint density at radius 2 is 1.67 bits per heavy atom. The number of carbonyl (C=O) groups excluding carboxylic acids is 1. The summed E-state index contributed by atoms with van der Waals surface area (Å²) in [5, 5.41) is 11.2. The number of likely N-dealkylation sites (tertiary alicyclic amines) is 1. The molecule has 6 heteroatoms. The molecule has 0 spiro atoms. The maximum absolute atomic E-state index is 12.8. The number of aliphatic hydroxyl groups is 1. The molecule has 1 N–H and O–H groups in total. The van der Waals surface area contributed by atoms with E-state index in [2.05, 4.69) is 11.9 Å². The lowest BCUT2D eigenvalue weighted by Crippen LogP contribution is -2.50. The summed E-state index contributed by atoms with van der Waals surface area (Å²) >= 11 is 0. The second-order valence-corrected chi connectivity index (χ2v) is 9.10. The Labute approximate surface area is 194 Å². The Morgan fingerprint density at radius 3 is 2.27 bits per heavy atom. The number of aryl methyl sites for hydroxylation is 1. The molecule has 0 bridgehead atoms. The van der Waals surface area contributed by atoms with E-state index in [9.17, 15) is 14.7 Å². The fourth-order valence-electron chi connectivity index (χ4n) is 4.49. The summed E-state index contributed by atoms with van der Waals surface area (Å²) in [5.41, 5.74) is 1.46. The predicted octanol–water partition coefficient (Wildman–Crippen LogP) is 3.77. The molecule has 33 heavy (non-hydrogen) atoms. The Balaban J connectivity index is 1.39. The molecule has 1 aliphatic heterocycles. The quantitative estimate of drug-likeness (QED) is 0.627. The van der Waals surface area contributed by atoms with Gasteiger partial charge in [-0.1, -0.05) is 67.6 Å². The van der Waals surface area contributed by atoms with Crippen LogP contribution in [-0.4, -0.2) is 44.2 Å². The van der Waals surface area contributed by atoms with Gasteiger partial charge in [0.1, 0.15) is 5.82 Å². The van der Waals surface area contributed by atoms with Gasteiger partial charge in [0.2, 0.25) is 5.91 Å². The highest BCUT2D eigenvalue weighted by atomic mass is 16.3.